The Hall–Kier alpha value is -2.22. The zero-order valence-electron chi connectivity index (χ0n) is 9.87. The van der Waals surface area contributed by atoms with Gasteiger partial charge >= 0.3 is 6.09 Å². The predicted octanol–water partition coefficient (Wildman–Crippen LogP) is 2.10. The molecular weight excluding hydrogens is 272 g/mol. The summed E-state index contributed by atoms with van der Waals surface area (Å²) in [5, 5.41) is 21.4. The molecule has 0 atom stereocenters. The number of benzene rings is 1. The van der Waals surface area contributed by atoms with E-state index in [0.717, 1.165) is 0 Å². The highest BCUT2D eigenvalue weighted by atomic mass is 32.1. The minimum atomic E-state index is -0.644. The molecule has 0 spiro atoms. The Balaban J connectivity index is 2.33. The van der Waals surface area contributed by atoms with E-state index in [-0.39, 0.29) is 30.3 Å². The van der Waals surface area contributed by atoms with Crippen molar-refractivity contribution in [2.24, 2.45) is 0 Å². The Kier molecular flexibility index (Phi) is 5.68. The van der Waals surface area contributed by atoms with Crippen LogP contribution in [0, 0.1) is 10.1 Å². The summed E-state index contributed by atoms with van der Waals surface area (Å²) in [6, 6.07) is 5.68. The number of alkyl carbamates (subject to hydrolysis) is 1. The number of nitro benzene ring substituents is 1. The third-order valence-corrected chi connectivity index (χ3v) is 2.33. The Morgan fingerprint density at radius 1 is 1.42 bits per heavy atom. The van der Waals surface area contributed by atoms with E-state index in [0.29, 0.717) is 5.56 Å². The van der Waals surface area contributed by atoms with Crippen molar-refractivity contribution in [1.82, 2.24) is 5.32 Å². The van der Waals surface area contributed by atoms with E-state index in [1.807, 2.05) is 0 Å². The predicted molar refractivity (Wildman–Crippen MR) is 71.1 cm³/mol. The number of aliphatic hydroxyl groups is 1. The van der Waals surface area contributed by atoms with E-state index in [1.165, 1.54) is 24.3 Å². The van der Waals surface area contributed by atoms with Gasteiger partial charge in [-0.3, -0.25) is 10.1 Å². The van der Waals surface area contributed by atoms with Gasteiger partial charge in [-0.2, -0.15) is 0 Å². The molecule has 0 unspecified atom stereocenters. The van der Waals surface area contributed by atoms with Crippen molar-refractivity contribution < 1.29 is 19.6 Å². The second kappa shape index (κ2) is 7.27. The molecule has 0 fully saturated rings. The summed E-state index contributed by atoms with van der Waals surface area (Å²) in [5.74, 6) is 0. The monoisotopic (exact) mass is 284 g/mol. The van der Waals surface area contributed by atoms with Crippen molar-refractivity contribution in [2.45, 2.75) is 13.0 Å². The summed E-state index contributed by atoms with van der Waals surface area (Å²) in [5.41, 5.74) is 0.614. The summed E-state index contributed by atoms with van der Waals surface area (Å²) >= 11 is 4.43. The minimum Gasteiger partial charge on any atom is -0.502 e. The number of ether oxygens (including phenoxy) is 1. The molecule has 8 heteroatoms. The molecule has 1 aromatic rings. The molecule has 19 heavy (non-hydrogen) atoms. The van der Waals surface area contributed by atoms with Gasteiger partial charge in [0.25, 0.3) is 5.69 Å². The Morgan fingerprint density at radius 3 is 2.58 bits per heavy atom. The maximum absolute atomic E-state index is 11.2. The fourth-order valence-corrected chi connectivity index (χ4v) is 1.29. The second-order valence-corrected chi connectivity index (χ2v) is 4.04. The number of aliphatic hydroxyl groups excluding tert-OH is 1. The number of amides is 1. The van der Waals surface area contributed by atoms with Crippen LogP contribution in [0.4, 0.5) is 10.5 Å². The van der Waals surface area contributed by atoms with Gasteiger partial charge in [-0.1, -0.05) is 0 Å². The molecule has 1 aromatic carbocycles. The zero-order valence-corrected chi connectivity index (χ0v) is 10.7. The number of hydrogen-bond acceptors (Lipinski definition) is 5. The lowest BCUT2D eigenvalue weighted by molar-refractivity contribution is -0.384. The normalized spacial score (nSPS) is 9.68. The fraction of sp³-hybridized carbons (Fsp3) is 0.273. The number of nitrogens with one attached hydrogen (secondary N) is 1. The van der Waals surface area contributed by atoms with Gasteiger partial charge in [0, 0.05) is 25.1 Å². The summed E-state index contributed by atoms with van der Waals surface area (Å²) in [6.07, 6.45) is -0.461. The molecule has 0 saturated heterocycles. The van der Waals surface area contributed by atoms with E-state index in [4.69, 9.17) is 9.84 Å². The highest BCUT2D eigenvalue weighted by molar-refractivity contribution is 7.80. The summed E-state index contributed by atoms with van der Waals surface area (Å²) < 4.78 is 4.87. The third kappa shape index (κ3) is 5.77. The molecule has 0 saturated carbocycles. The maximum Gasteiger partial charge on any atom is 0.407 e. The first-order valence-electron chi connectivity index (χ1n) is 5.35. The minimum absolute atomic E-state index is 0.00734. The number of non-ortho nitro benzene ring substituents is 1. The number of nitro groups is 1. The average molecular weight is 284 g/mol. The van der Waals surface area contributed by atoms with Gasteiger partial charge in [-0.15, -0.1) is 0 Å². The highest BCUT2D eigenvalue weighted by Crippen LogP contribution is 2.12. The topological polar surface area (TPSA) is 102 Å². The molecule has 0 radical (unpaired) electrons. The molecule has 0 aliphatic carbocycles. The second-order valence-electron chi connectivity index (χ2n) is 3.57. The molecule has 1 amide bonds. The number of nitrogens with zero attached hydrogens (tertiary/aromatic N) is 1. The third-order valence-electron chi connectivity index (χ3n) is 2.13. The largest absolute Gasteiger partial charge is 0.502 e. The first-order chi connectivity index (χ1) is 8.99. The molecule has 2 N–H and O–H groups in total. The van der Waals surface area contributed by atoms with Gasteiger partial charge in [-0.25, -0.2) is 4.79 Å². The Bertz CT molecular complexity index is 474. The SMILES string of the molecule is O=C(NCCC(O)=S)OCc1ccc([N+](=O)[O-])cc1. The lowest BCUT2D eigenvalue weighted by atomic mass is 10.2. The van der Waals surface area contributed by atoms with Gasteiger partial charge < -0.3 is 15.2 Å². The first-order valence-corrected chi connectivity index (χ1v) is 5.75. The van der Waals surface area contributed by atoms with E-state index in [2.05, 4.69) is 17.5 Å². The first kappa shape index (κ1) is 14.8. The van der Waals surface area contributed by atoms with Crippen molar-refractivity contribution >= 4 is 29.0 Å². The van der Waals surface area contributed by atoms with Crippen LogP contribution in [0.15, 0.2) is 24.3 Å². The quantitative estimate of drug-likeness (QED) is 0.471. The number of rotatable bonds is 6. The lowest BCUT2D eigenvalue weighted by Gasteiger charge is -2.06. The fourth-order valence-electron chi connectivity index (χ4n) is 1.19. The standard InChI is InChI=1S/C11H12N2O5S/c14-10(19)5-6-12-11(15)18-7-8-1-3-9(4-2-8)13(16)17/h1-4H,5-7H2,(H,12,15)(H,14,19). The van der Waals surface area contributed by atoms with Gasteiger partial charge in [0.1, 0.15) is 6.61 Å². The van der Waals surface area contributed by atoms with Crippen LogP contribution < -0.4 is 5.32 Å². The Morgan fingerprint density at radius 2 is 2.05 bits per heavy atom. The molecule has 102 valence electrons. The van der Waals surface area contributed by atoms with Crippen LogP contribution in [0.1, 0.15) is 12.0 Å². The van der Waals surface area contributed by atoms with Gasteiger partial charge in [0.15, 0.2) is 5.05 Å². The smallest absolute Gasteiger partial charge is 0.407 e. The average Bonchev–Trinajstić information content (AvgIpc) is 2.36. The molecular formula is C11H12N2O5S. The van der Waals surface area contributed by atoms with Gasteiger partial charge in [0.2, 0.25) is 0 Å². The molecule has 0 aromatic heterocycles. The van der Waals surface area contributed by atoms with Gasteiger partial charge in [-0.05, 0) is 29.9 Å². The molecule has 0 aliphatic heterocycles. The van der Waals surface area contributed by atoms with Crippen LogP contribution >= 0.6 is 12.2 Å². The van der Waals surface area contributed by atoms with Crippen LogP contribution in [-0.2, 0) is 11.3 Å². The lowest BCUT2D eigenvalue weighted by Crippen LogP contribution is -2.26. The molecule has 0 heterocycles. The summed E-state index contributed by atoms with van der Waals surface area (Å²) in [7, 11) is 0. The maximum atomic E-state index is 11.2. The number of carbonyl (C=O) groups excluding carboxylic acids is 1. The number of carbonyl (C=O) groups is 1. The summed E-state index contributed by atoms with van der Waals surface area (Å²) in [6.45, 7) is 0.196. The van der Waals surface area contributed by atoms with E-state index in [9.17, 15) is 14.9 Å². The molecule has 7 nitrogen and oxygen atoms in total. The van der Waals surface area contributed by atoms with E-state index < -0.39 is 11.0 Å². The van der Waals surface area contributed by atoms with Crippen LogP contribution in [0.2, 0.25) is 0 Å². The highest BCUT2D eigenvalue weighted by Gasteiger charge is 2.06. The van der Waals surface area contributed by atoms with Crippen LogP contribution in [0.3, 0.4) is 0 Å². The molecule has 1 rings (SSSR count). The molecule has 0 bridgehead atoms. The van der Waals surface area contributed by atoms with Crippen molar-refractivity contribution in [3.05, 3.63) is 39.9 Å². The Labute approximate surface area is 114 Å². The van der Waals surface area contributed by atoms with Gasteiger partial charge in [0.05, 0.1) is 4.92 Å². The number of thiocarbonyl (C=S) groups is 1. The van der Waals surface area contributed by atoms with Crippen LogP contribution in [0.5, 0.6) is 0 Å². The van der Waals surface area contributed by atoms with Crippen LogP contribution in [-0.4, -0.2) is 27.7 Å². The van der Waals surface area contributed by atoms with Crippen molar-refractivity contribution in [1.29, 1.82) is 0 Å². The van der Waals surface area contributed by atoms with Crippen molar-refractivity contribution in [3.8, 4) is 0 Å². The van der Waals surface area contributed by atoms with Crippen molar-refractivity contribution in [2.75, 3.05) is 6.54 Å². The zero-order chi connectivity index (χ0) is 14.3. The van der Waals surface area contributed by atoms with E-state index >= 15 is 0 Å². The summed E-state index contributed by atoms with van der Waals surface area (Å²) in [4.78, 5) is 21.1. The molecule has 0 aliphatic rings. The van der Waals surface area contributed by atoms with E-state index in [1.54, 1.807) is 0 Å². The number of hydrogen-bond donors (Lipinski definition) is 2. The van der Waals surface area contributed by atoms with Crippen LogP contribution in [0.25, 0.3) is 0 Å². The van der Waals surface area contributed by atoms with Crippen molar-refractivity contribution in [3.63, 3.8) is 0 Å².